The topological polar surface area (TPSA) is 111 Å². The molecule has 4 heterocycles. The van der Waals surface area contributed by atoms with E-state index in [9.17, 15) is 14.0 Å². The average Bonchev–Trinajstić information content (AvgIpc) is 2.94. The number of anilines is 3. The van der Waals surface area contributed by atoms with E-state index in [4.69, 9.17) is 9.47 Å². The fourth-order valence-electron chi connectivity index (χ4n) is 5.05. The summed E-state index contributed by atoms with van der Waals surface area (Å²) < 4.78 is 39.7. The number of piperidine rings is 1. The predicted molar refractivity (Wildman–Crippen MR) is 147 cm³/mol. The standard InChI is InChI=1S/C28H32F2N8O2/c1-18-16-37(2)12-13-38(18)22-5-7-25(35-26(22)39-3)36-27-33-11-8-21(34-27)19-4-6-23(20(14-19)15-31)40-24-9-10-32-17-28(24,29)30/h4-8,11,14,18,24,32H,9-10,12-13,16-17H2,1-3H3,(H,33,34,35,36)/t18-,24?/m0/s1. The maximum Gasteiger partial charge on any atom is 0.296 e. The first-order valence-corrected chi connectivity index (χ1v) is 13.2. The molecule has 2 N–H and O–H groups in total. The van der Waals surface area contributed by atoms with Crippen LogP contribution in [0.4, 0.5) is 26.2 Å². The number of piperazine rings is 1. The lowest BCUT2D eigenvalue weighted by Gasteiger charge is -2.40. The highest BCUT2D eigenvalue weighted by Gasteiger charge is 2.43. The molecule has 1 aromatic carbocycles. The highest BCUT2D eigenvalue weighted by Crippen LogP contribution is 2.33. The molecule has 0 spiro atoms. The molecule has 0 aliphatic carbocycles. The first-order chi connectivity index (χ1) is 19.3. The number of rotatable bonds is 7. The molecule has 1 unspecified atom stereocenters. The monoisotopic (exact) mass is 550 g/mol. The molecule has 12 heteroatoms. The van der Waals surface area contributed by atoms with Crippen LogP contribution in [0.5, 0.6) is 11.6 Å². The Morgan fingerprint density at radius 3 is 2.77 bits per heavy atom. The van der Waals surface area contributed by atoms with Crippen molar-refractivity contribution in [3.05, 3.63) is 48.2 Å². The number of alkyl halides is 2. The van der Waals surface area contributed by atoms with E-state index in [1.807, 2.05) is 12.1 Å². The molecule has 40 heavy (non-hydrogen) atoms. The van der Waals surface area contributed by atoms with Gasteiger partial charge in [-0.3, -0.25) is 0 Å². The van der Waals surface area contributed by atoms with Crippen molar-refractivity contribution in [1.29, 1.82) is 5.26 Å². The normalized spacial score (nSPS) is 20.9. The van der Waals surface area contributed by atoms with E-state index in [0.29, 0.717) is 41.5 Å². The number of nitrogens with zero attached hydrogens (tertiary/aromatic N) is 6. The van der Waals surface area contributed by atoms with Gasteiger partial charge in [-0.1, -0.05) is 0 Å². The van der Waals surface area contributed by atoms with E-state index in [-0.39, 0.29) is 17.7 Å². The zero-order valence-corrected chi connectivity index (χ0v) is 22.7. The van der Waals surface area contributed by atoms with Gasteiger partial charge < -0.3 is 29.9 Å². The second-order valence-corrected chi connectivity index (χ2v) is 10.1. The summed E-state index contributed by atoms with van der Waals surface area (Å²) in [5.41, 5.74) is 2.25. The molecule has 0 radical (unpaired) electrons. The number of aromatic nitrogens is 3. The van der Waals surface area contributed by atoms with Gasteiger partial charge in [0.05, 0.1) is 24.9 Å². The van der Waals surface area contributed by atoms with Crippen molar-refractivity contribution in [3.8, 4) is 29.0 Å². The molecular weight excluding hydrogens is 518 g/mol. The van der Waals surface area contributed by atoms with E-state index in [1.165, 1.54) is 6.07 Å². The minimum absolute atomic E-state index is 0.122. The Morgan fingerprint density at radius 2 is 2.02 bits per heavy atom. The van der Waals surface area contributed by atoms with Gasteiger partial charge in [0, 0.05) is 43.9 Å². The largest absolute Gasteiger partial charge is 0.483 e. The third kappa shape index (κ3) is 5.90. The van der Waals surface area contributed by atoms with E-state index in [1.54, 1.807) is 31.5 Å². The smallest absolute Gasteiger partial charge is 0.296 e. The van der Waals surface area contributed by atoms with Crippen LogP contribution >= 0.6 is 0 Å². The molecule has 0 amide bonds. The third-order valence-corrected chi connectivity index (χ3v) is 7.15. The zero-order chi connectivity index (χ0) is 28.3. The van der Waals surface area contributed by atoms with Gasteiger partial charge in [0.2, 0.25) is 11.8 Å². The molecule has 3 aromatic rings. The first kappa shape index (κ1) is 27.5. The molecule has 10 nitrogen and oxygen atoms in total. The molecule has 5 rings (SSSR count). The second kappa shape index (κ2) is 11.6. The van der Waals surface area contributed by atoms with Crippen molar-refractivity contribution in [1.82, 2.24) is 25.2 Å². The minimum atomic E-state index is -3.02. The molecule has 0 bridgehead atoms. The van der Waals surface area contributed by atoms with Gasteiger partial charge in [0.25, 0.3) is 5.92 Å². The average molecular weight is 551 g/mol. The summed E-state index contributed by atoms with van der Waals surface area (Å²) in [7, 11) is 3.71. The lowest BCUT2D eigenvalue weighted by Crippen LogP contribution is -2.52. The first-order valence-electron chi connectivity index (χ1n) is 13.2. The van der Waals surface area contributed by atoms with Crippen molar-refractivity contribution in [3.63, 3.8) is 0 Å². The van der Waals surface area contributed by atoms with Gasteiger partial charge in [-0.15, -0.1) is 0 Å². The number of ether oxygens (including phenoxy) is 2. The van der Waals surface area contributed by atoms with Gasteiger partial charge in [0.15, 0.2) is 6.10 Å². The van der Waals surface area contributed by atoms with Crippen molar-refractivity contribution >= 4 is 17.5 Å². The molecule has 2 aliphatic rings. The van der Waals surface area contributed by atoms with Crippen LogP contribution in [0.25, 0.3) is 11.3 Å². The summed E-state index contributed by atoms with van der Waals surface area (Å²) >= 11 is 0. The SMILES string of the molecule is COc1nc(Nc2nccc(-c3ccc(OC4CCNCC4(F)F)c(C#N)c3)n2)ccc1N1CCN(C)C[C@@H]1C. The summed E-state index contributed by atoms with van der Waals surface area (Å²) in [6, 6.07) is 12.7. The highest BCUT2D eigenvalue weighted by atomic mass is 19.3. The Bertz CT molecular complexity index is 1400. The molecular formula is C28H32F2N8O2. The van der Waals surface area contributed by atoms with E-state index in [2.05, 4.69) is 55.4 Å². The van der Waals surface area contributed by atoms with Crippen LogP contribution in [-0.2, 0) is 0 Å². The minimum Gasteiger partial charge on any atom is -0.483 e. The summed E-state index contributed by atoms with van der Waals surface area (Å²) in [6.45, 7) is 4.94. The fraction of sp³-hybridized carbons (Fsp3) is 0.429. The molecule has 0 saturated carbocycles. The van der Waals surface area contributed by atoms with Crippen LogP contribution in [0, 0.1) is 11.3 Å². The summed E-state index contributed by atoms with van der Waals surface area (Å²) in [4.78, 5) is 18.1. The number of hydrogen-bond donors (Lipinski definition) is 2. The van der Waals surface area contributed by atoms with Crippen molar-refractivity contribution < 1.29 is 18.3 Å². The lowest BCUT2D eigenvalue weighted by atomic mass is 10.0. The van der Waals surface area contributed by atoms with Crippen LogP contribution in [0.1, 0.15) is 18.9 Å². The van der Waals surface area contributed by atoms with Crippen LogP contribution in [0.3, 0.4) is 0 Å². The van der Waals surface area contributed by atoms with Gasteiger partial charge in [-0.05, 0) is 56.9 Å². The maximum atomic E-state index is 14.2. The van der Waals surface area contributed by atoms with E-state index < -0.39 is 18.6 Å². The third-order valence-electron chi connectivity index (χ3n) is 7.15. The number of pyridine rings is 1. The van der Waals surface area contributed by atoms with Crippen LogP contribution in [0.15, 0.2) is 42.6 Å². The van der Waals surface area contributed by atoms with Crippen molar-refractivity contribution in [2.75, 3.05) is 57.1 Å². The number of hydrogen-bond acceptors (Lipinski definition) is 10. The number of nitriles is 1. The van der Waals surface area contributed by atoms with E-state index in [0.717, 1.165) is 25.3 Å². The summed E-state index contributed by atoms with van der Waals surface area (Å²) in [6.07, 6.45) is 0.445. The van der Waals surface area contributed by atoms with Gasteiger partial charge in [0.1, 0.15) is 23.3 Å². The molecule has 2 fully saturated rings. The van der Waals surface area contributed by atoms with Crippen molar-refractivity contribution in [2.24, 2.45) is 0 Å². The quantitative estimate of drug-likeness (QED) is 0.452. The van der Waals surface area contributed by atoms with Crippen LogP contribution < -0.4 is 25.0 Å². The van der Waals surface area contributed by atoms with Crippen molar-refractivity contribution in [2.45, 2.75) is 31.4 Å². The summed E-state index contributed by atoms with van der Waals surface area (Å²) in [5, 5.41) is 15.5. The van der Waals surface area contributed by atoms with Crippen LogP contribution in [0.2, 0.25) is 0 Å². The second-order valence-electron chi connectivity index (χ2n) is 10.1. The number of benzene rings is 1. The van der Waals surface area contributed by atoms with Gasteiger partial charge in [-0.25, -0.2) is 18.7 Å². The molecule has 2 aromatic heterocycles. The Balaban J connectivity index is 1.34. The Morgan fingerprint density at radius 1 is 1.18 bits per heavy atom. The Hall–Kier alpha value is -4.08. The zero-order valence-electron chi connectivity index (χ0n) is 22.7. The maximum absolute atomic E-state index is 14.2. The Labute approximate surface area is 232 Å². The van der Waals surface area contributed by atoms with E-state index >= 15 is 0 Å². The summed E-state index contributed by atoms with van der Waals surface area (Å²) in [5.74, 6) is -1.57. The predicted octanol–water partition coefficient (Wildman–Crippen LogP) is 3.68. The van der Waals surface area contributed by atoms with Gasteiger partial charge in [-0.2, -0.15) is 10.2 Å². The molecule has 2 saturated heterocycles. The number of likely N-dealkylation sites (N-methyl/N-ethyl adjacent to an activating group) is 1. The lowest BCUT2D eigenvalue weighted by molar-refractivity contribution is -0.109. The fourth-order valence-corrected chi connectivity index (χ4v) is 5.05. The van der Waals surface area contributed by atoms with Crippen LogP contribution in [-0.4, -0.2) is 84.8 Å². The Kier molecular flexibility index (Phi) is 7.95. The molecule has 2 aliphatic heterocycles. The van der Waals surface area contributed by atoms with Gasteiger partial charge >= 0.3 is 0 Å². The molecule has 2 atom stereocenters. The highest BCUT2D eigenvalue weighted by molar-refractivity contribution is 5.66. The number of nitrogens with one attached hydrogen (secondary N) is 2. The number of methoxy groups -OCH3 is 1. The molecule has 210 valence electrons. The number of halogens is 2.